The second-order valence-corrected chi connectivity index (χ2v) is 4.19. The van der Waals surface area contributed by atoms with Crippen molar-refractivity contribution in [2.45, 2.75) is 38.1 Å². The van der Waals surface area contributed by atoms with Gasteiger partial charge in [0.15, 0.2) is 0 Å². The van der Waals surface area contributed by atoms with Crippen LogP contribution in [0.3, 0.4) is 0 Å². The lowest BCUT2D eigenvalue weighted by molar-refractivity contribution is -0.125. The van der Waals surface area contributed by atoms with Crippen LogP contribution in [-0.2, 0) is 9.53 Å². The zero-order valence-corrected chi connectivity index (χ0v) is 9.50. The Balaban J connectivity index is 2.08. The molecule has 0 spiro atoms. The van der Waals surface area contributed by atoms with E-state index in [1.165, 1.54) is 0 Å². The van der Waals surface area contributed by atoms with Crippen LogP contribution in [0.4, 0.5) is 0 Å². The maximum atomic E-state index is 11.7. The number of carbonyl (C=O) groups excluding carboxylic acids is 1. The van der Waals surface area contributed by atoms with Gasteiger partial charge in [-0.05, 0) is 25.7 Å². The van der Waals surface area contributed by atoms with E-state index in [0.717, 1.165) is 45.3 Å². The maximum Gasteiger partial charge on any atom is 0.224 e. The van der Waals surface area contributed by atoms with Crippen LogP contribution in [0.5, 0.6) is 0 Å². The Bertz CT molecular complexity index is 197. The summed E-state index contributed by atoms with van der Waals surface area (Å²) in [5, 5.41) is 2.94. The normalized spacial score (nSPS) is 25.5. The summed E-state index contributed by atoms with van der Waals surface area (Å²) in [7, 11) is 1.69. The highest BCUT2D eigenvalue weighted by Crippen LogP contribution is 2.23. The lowest BCUT2D eigenvalue weighted by Crippen LogP contribution is -2.38. The first-order valence-electron chi connectivity index (χ1n) is 5.78. The quantitative estimate of drug-likeness (QED) is 0.638. The number of nitrogens with two attached hydrogens (primary N) is 1. The molecule has 88 valence electrons. The highest BCUT2D eigenvalue weighted by atomic mass is 16.5. The Kier molecular flexibility index (Phi) is 5.65. The van der Waals surface area contributed by atoms with Gasteiger partial charge in [0.2, 0.25) is 5.91 Å². The molecule has 4 nitrogen and oxygen atoms in total. The third-order valence-corrected chi connectivity index (χ3v) is 2.98. The van der Waals surface area contributed by atoms with Gasteiger partial charge in [0.25, 0.3) is 0 Å². The summed E-state index contributed by atoms with van der Waals surface area (Å²) in [6, 6.07) is 0.0731. The third-order valence-electron chi connectivity index (χ3n) is 2.98. The molecule has 1 rings (SSSR count). The van der Waals surface area contributed by atoms with Crippen molar-refractivity contribution in [3.63, 3.8) is 0 Å². The lowest BCUT2D eigenvalue weighted by Gasteiger charge is -2.14. The first kappa shape index (κ1) is 12.5. The molecule has 1 aliphatic carbocycles. The predicted octanol–water partition coefficient (Wildman–Crippen LogP) is 0.657. The number of rotatable bonds is 6. The molecule has 0 radical (unpaired) electrons. The Morgan fingerprint density at radius 3 is 2.87 bits per heavy atom. The van der Waals surface area contributed by atoms with Crippen molar-refractivity contribution in [2.24, 2.45) is 11.7 Å². The second-order valence-electron chi connectivity index (χ2n) is 4.19. The lowest BCUT2D eigenvalue weighted by atomic mass is 10.0. The number of nitrogens with one attached hydrogen (secondary N) is 1. The first-order valence-corrected chi connectivity index (χ1v) is 5.78. The maximum absolute atomic E-state index is 11.7. The van der Waals surface area contributed by atoms with Crippen LogP contribution < -0.4 is 11.1 Å². The molecule has 0 aromatic carbocycles. The summed E-state index contributed by atoms with van der Waals surface area (Å²) in [5.74, 6) is 0.185. The zero-order chi connectivity index (χ0) is 11.1. The van der Waals surface area contributed by atoms with E-state index >= 15 is 0 Å². The van der Waals surface area contributed by atoms with Crippen molar-refractivity contribution in [1.82, 2.24) is 5.32 Å². The van der Waals surface area contributed by atoms with Crippen molar-refractivity contribution in [3.8, 4) is 0 Å². The molecule has 2 unspecified atom stereocenters. The van der Waals surface area contributed by atoms with Crippen molar-refractivity contribution in [2.75, 3.05) is 20.3 Å². The van der Waals surface area contributed by atoms with Crippen molar-refractivity contribution >= 4 is 5.91 Å². The van der Waals surface area contributed by atoms with Gasteiger partial charge >= 0.3 is 0 Å². The molecule has 0 bridgehead atoms. The molecule has 1 amide bonds. The number of amides is 1. The highest BCUT2D eigenvalue weighted by molar-refractivity contribution is 5.79. The molecule has 2 atom stereocenters. The Morgan fingerprint density at radius 1 is 1.47 bits per heavy atom. The standard InChI is InChI=1S/C11H22N2O2/c1-15-8-3-2-7-13-11(14)9-5-4-6-10(9)12/h9-10H,2-8,12H2,1H3,(H,13,14). The van der Waals surface area contributed by atoms with Gasteiger partial charge in [-0.25, -0.2) is 0 Å². The minimum Gasteiger partial charge on any atom is -0.385 e. The summed E-state index contributed by atoms with van der Waals surface area (Å²) in [4.78, 5) is 11.7. The van der Waals surface area contributed by atoms with Gasteiger partial charge < -0.3 is 15.8 Å². The zero-order valence-electron chi connectivity index (χ0n) is 9.50. The highest BCUT2D eigenvalue weighted by Gasteiger charge is 2.29. The summed E-state index contributed by atoms with van der Waals surface area (Å²) < 4.78 is 4.93. The fourth-order valence-electron chi connectivity index (χ4n) is 2.03. The molecule has 0 saturated heterocycles. The van der Waals surface area contributed by atoms with Crippen molar-refractivity contribution in [3.05, 3.63) is 0 Å². The van der Waals surface area contributed by atoms with E-state index in [1.54, 1.807) is 7.11 Å². The molecular weight excluding hydrogens is 192 g/mol. The molecule has 1 saturated carbocycles. The van der Waals surface area contributed by atoms with Gasteiger partial charge in [0.05, 0.1) is 5.92 Å². The molecule has 1 aliphatic rings. The number of ether oxygens (including phenoxy) is 1. The fraction of sp³-hybridized carbons (Fsp3) is 0.909. The Morgan fingerprint density at radius 2 is 2.27 bits per heavy atom. The van der Waals surface area contributed by atoms with Gasteiger partial charge in [-0.2, -0.15) is 0 Å². The minimum absolute atomic E-state index is 0.0485. The topological polar surface area (TPSA) is 64.3 Å². The molecule has 15 heavy (non-hydrogen) atoms. The van der Waals surface area contributed by atoms with Crippen LogP contribution in [0, 0.1) is 5.92 Å². The van der Waals surface area contributed by atoms with Gasteiger partial charge in [-0.1, -0.05) is 6.42 Å². The number of hydrogen-bond acceptors (Lipinski definition) is 3. The molecule has 0 aromatic rings. The predicted molar refractivity (Wildman–Crippen MR) is 59.4 cm³/mol. The first-order chi connectivity index (χ1) is 7.25. The van der Waals surface area contributed by atoms with E-state index < -0.39 is 0 Å². The number of unbranched alkanes of at least 4 members (excludes halogenated alkanes) is 1. The van der Waals surface area contributed by atoms with Crippen LogP contribution in [0.25, 0.3) is 0 Å². The van der Waals surface area contributed by atoms with E-state index in [2.05, 4.69) is 5.32 Å². The number of carbonyl (C=O) groups is 1. The van der Waals surface area contributed by atoms with Crippen LogP contribution in [0.15, 0.2) is 0 Å². The Labute approximate surface area is 91.5 Å². The van der Waals surface area contributed by atoms with Gasteiger partial charge in [0.1, 0.15) is 0 Å². The van der Waals surface area contributed by atoms with E-state index in [-0.39, 0.29) is 17.9 Å². The molecular formula is C11H22N2O2. The van der Waals surface area contributed by atoms with Crippen LogP contribution >= 0.6 is 0 Å². The molecule has 0 aromatic heterocycles. The minimum atomic E-state index is 0.0485. The largest absolute Gasteiger partial charge is 0.385 e. The summed E-state index contributed by atoms with van der Waals surface area (Å²) in [6.07, 6.45) is 4.99. The second kappa shape index (κ2) is 6.80. The smallest absolute Gasteiger partial charge is 0.224 e. The van der Waals surface area contributed by atoms with E-state index in [0.29, 0.717) is 0 Å². The van der Waals surface area contributed by atoms with Crippen molar-refractivity contribution < 1.29 is 9.53 Å². The summed E-state index contributed by atoms with van der Waals surface area (Å²) in [5.41, 5.74) is 5.85. The average Bonchev–Trinajstić information content (AvgIpc) is 2.64. The molecule has 1 fully saturated rings. The molecule has 4 heteroatoms. The number of hydrogen-bond donors (Lipinski definition) is 2. The van der Waals surface area contributed by atoms with Crippen molar-refractivity contribution in [1.29, 1.82) is 0 Å². The van der Waals surface area contributed by atoms with Crippen LogP contribution in [0.1, 0.15) is 32.1 Å². The van der Waals surface area contributed by atoms with Crippen LogP contribution in [-0.4, -0.2) is 32.2 Å². The van der Waals surface area contributed by atoms with Gasteiger partial charge in [-0.3, -0.25) is 4.79 Å². The SMILES string of the molecule is COCCCCNC(=O)C1CCCC1N. The number of methoxy groups -OCH3 is 1. The molecule has 3 N–H and O–H groups in total. The fourth-order valence-corrected chi connectivity index (χ4v) is 2.03. The molecule has 0 heterocycles. The van der Waals surface area contributed by atoms with Gasteiger partial charge in [0, 0.05) is 26.3 Å². The van der Waals surface area contributed by atoms with Gasteiger partial charge in [-0.15, -0.1) is 0 Å². The van der Waals surface area contributed by atoms with Crippen LogP contribution in [0.2, 0.25) is 0 Å². The van der Waals surface area contributed by atoms with E-state index in [4.69, 9.17) is 10.5 Å². The Hall–Kier alpha value is -0.610. The van der Waals surface area contributed by atoms with E-state index in [1.807, 2.05) is 0 Å². The average molecular weight is 214 g/mol. The summed E-state index contributed by atoms with van der Waals surface area (Å²) in [6.45, 7) is 1.50. The molecule has 0 aliphatic heterocycles. The van der Waals surface area contributed by atoms with E-state index in [9.17, 15) is 4.79 Å². The monoisotopic (exact) mass is 214 g/mol. The summed E-state index contributed by atoms with van der Waals surface area (Å²) >= 11 is 0. The third kappa shape index (κ3) is 4.18.